The Hall–Kier alpha value is -2.65. The summed E-state index contributed by atoms with van der Waals surface area (Å²) in [6.45, 7) is 0. The van der Waals surface area contributed by atoms with Gasteiger partial charge in [0.1, 0.15) is 0 Å². The second-order valence-electron chi connectivity index (χ2n) is 4.08. The molecule has 0 bridgehead atoms. The number of fused-ring (bicyclic) bond motifs is 1. The van der Waals surface area contributed by atoms with Crippen LogP contribution >= 0.6 is 0 Å². The van der Waals surface area contributed by atoms with Gasteiger partial charge in [-0.1, -0.05) is 0 Å². The molecule has 7 nitrogen and oxygen atoms in total. The summed E-state index contributed by atoms with van der Waals surface area (Å²) in [6.07, 6.45) is -1.98. The van der Waals surface area contributed by atoms with Gasteiger partial charge in [0.15, 0.2) is 17.2 Å². The van der Waals surface area contributed by atoms with Gasteiger partial charge in [-0.05, 0) is 0 Å². The molecule has 2 N–H and O–H groups in total. The Morgan fingerprint density at radius 2 is 2.00 bits per heavy atom. The molecule has 0 saturated heterocycles. The average molecular weight is 283 g/mol. The lowest BCUT2D eigenvalue weighted by atomic mass is 10.2. The Morgan fingerprint density at radius 1 is 1.25 bits per heavy atom. The summed E-state index contributed by atoms with van der Waals surface area (Å²) in [5.41, 5.74) is 4.73. The molecule has 3 heterocycles. The minimum atomic E-state index is -4.60. The largest absolute Gasteiger partial charge is 0.435 e. The lowest BCUT2D eigenvalue weighted by Gasteiger charge is -2.05. The van der Waals surface area contributed by atoms with E-state index in [1.54, 1.807) is 0 Å². The molecule has 0 aliphatic heterocycles. The zero-order valence-corrected chi connectivity index (χ0v) is 10.1. The van der Waals surface area contributed by atoms with Gasteiger partial charge in [-0.15, -0.1) is 10.2 Å². The summed E-state index contributed by atoms with van der Waals surface area (Å²) in [4.78, 5) is 3.82. The lowest BCUT2D eigenvalue weighted by Crippen LogP contribution is -2.09. The molecule has 0 amide bonds. The van der Waals surface area contributed by atoms with Gasteiger partial charge >= 0.3 is 6.18 Å². The number of alkyl halides is 3. The highest BCUT2D eigenvalue weighted by molar-refractivity contribution is 5.63. The van der Waals surface area contributed by atoms with Crippen LogP contribution in [0.3, 0.4) is 0 Å². The van der Waals surface area contributed by atoms with E-state index in [-0.39, 0.29) is 17.3 Å². The fourth-order valence-electron chi connectivity index (χ4n) is 1.90. The predicted molar refractivity (Wildman–Crippen MR) is 62.4 cm³/mol. The SMILES string of the molecule is Cn1cc(-c2nnc3ccnc(N)n23)c(C(F)(F)F)n1. The molecule has 10 heteroatoms. The maximum atomic E-state index is 13.0. The van der Waals surface area contributed by atoms with Crippen LogP contribution in [0.1, 0.15) is 5.69 Å². The number of aryl methyl sites for hydroxylation is 1. The van der Waals surface area contributed by atoms with Crippen LogP contribution < -0.4 is 5.73 Å². The van der Waals surface area contributed by atoms with Crippen LogP contribution in [-0.4, -0.2) is 29.4 Å². The van der Waals surface area contributed by atoms with Gasteiger partial charge in [0.05, 0.1) is 5.56 Å². The summed E-state index contributed by atoms with van der Waals surface area (Å²) in [5, 5.41) is 11.0. The van der Waals surface area contributed by atoms with E-state index in [2.05, 4.69) is 20.3 Å². The molecular formula is C10H8F3N7. The predicted octanol–water partition coefficient (Wildman–Crippen LogP) is 1.13. The summed E-state index contributed by atoms with van der Waals surface area (Å²) in [5.74, 6) is -0.0505. The van der Waals surface area contributed by atoms with Crippen molar-refractivity contribution >= 4 is 11.6 Å². The highest BCUT2D eigenvalue weighted by Crippen LogP contribution is 2.35. The van der Waals surface area contributed by atoms with Crippen LogP contribution in [0.15, 0.2) is 18.5 Å². The third kappa shape index (κ3) is 1.76. The number of aromatic nitrogens is 6. The average Bonchev–Trinajstić information content (AvgIpc) is 2.92. The number of hydrogen-bond acceptors (Lipinski definition) is 5. The molecule has 3 aromatic heterocycles. The van der Waals surface area contributed by atoms with Crippen molar-refractivity contribution in [3.63, 3.8) is 0 Å². The van der Waals surface area contributed by atoms with Gasteiger partial charge in [0.2, 0.25) is 5.95 Å². The molecule has 0 saturated carbocycles. The molecule has 0 radical (unpaired) electrons. The first-order valence-corrected chi connectivity index (χ1v) is 5.45. The molecule has 0 aliphatic rings. The quantitative estimate of drug-likeness (QED) is 0.723. The van der Waals surface area contributed by atoms with Gasteiger partial charge in [-0.3, -0.25) is 4.68 Å². The number of rotatable bonds is 1. The smallest absolute Gasteiger partial charge is 0.369 e. The Bertz CT molecular complexity index is 786. The van der Waals surface area contributed by atoms with Crippen LogP contribution in [-0.2, 0) is 13.2 Å². The third-order valence-electron chi connectivity index (χ3n) is 2.69. The zero-order chi connectivity index (χ0) is 14.5. The summed E-state index contributed by atoms with van der Waals surface area (Å²) < 4.78 is 41.2. The molecule has 0 aliphatic carbocycles. The van der Waals surface area contributed by atoms with Crippen LogP contribution in [0.2, 0.25) is 0 Å². The van der Waals surface area contributed by atoms with Crippen molar-refractivity contribution in [1.29, 1.82) is 0 Å². The zero-order valence-electron chi connectivity index (χ0n) is 10.1. The molecular weight excluding hydrogens is 275 g/mol. The standard InChI is InChI=1S/C10H8F3N7/c1-19-4-5(7(18-19)10(11,12)13)8-17-16-6-2-3-15-9(14)20(6)8/h2-4H,1H3,(H2,14,15). The monoisotopic (exact) mass is 283 g/mol. The Kier molecular flexibility index (Phi) is 2.43. The second kappa shape index (κ2) is 3.92. The number of hydrogen-bond donors (Lipinski definition) is 1. The van der Waals surface area contributed by atoms with Crippen LogP contribution in [0, 0.1) is 0 Å². The fourth-order valence-corrected chi connectivity index (χ4v) is 1.90. The second-order valence-corrected chi connectivity index (χ2v) is 4.08. The molecule has 0 spiro atoms. The van der Waals surface area contributed by atoms with Gasteiger partial charge < -0.3 is 5.73 Å². The summed E-state index contributed by atoms with van der Waals surface area (Å²) >= 11 is 0. The number of halogens is 3. The molecule has 3 rings (SSSR count). The van der Waals surface area contributed by atoms with Gasteiger partial charge in [-0.2, -0.15) is 18.3 Å². The molecule has 104 valence electrons. The van der Waals surface area contributed by atoms with Gasteiger partial charge in [0, 0.05) is 25.5 Å². The van der Waals surface area contributed by atoms with E-state index in [4.69, 9.17) is 5.73 Å². The van der Waals surface area contributed by atoms with Gasteiger partial charge in [-0.25, -0.2) is 9.38 Å². The van der Waals surface area contributed by atoms with E-state index in [1.165, 1.54) is 29.9 Å². The minimum absolute atomic E-state index is 0.000484. The summed E-state index contributed by atoms with van der Waals surface area (Å²) in [7, 11) is 1.39. The highest BCUT2D eigenvalue weighted by Gasteiger charge is 2.38. The molecule has 20 heavy (non-hydrogen) atoms. The first kappa shape index (κ1) is 12.4. The van der Waals surface area contributed by atoms with Crippen molar-refractivity contribution < 1.29 is 13.2 Å². The van der Waals surface area contributed by atoms with Crippen LogP contribution in [0.5, 0.6) is 0 Å². The maximum Gasteiger partial charge on any atom is 0.435 e. The number of nitrogens with zero attached hydrogens (tertiary/aromatic N) is 6. The number of anilines is 1. The first-order valence-electron chi connectivity index (χ1n) is 5.45. The van der Waals surface area contributed by atoms with Crippen molar-refractivity contribution in [1.82, 2.24) is 29.4 Å². The highest BCUT2D eigenvalue weighted by atomic mass is 19.4. The summed E-state index contributed by atoms with van der Waals surface area (Å²) in [6, 6.07) is 1.50. The fraction of sp³-hybridized carbons (Fsp3) is 0.200. The van der Waals surface area contributed by atoms with Crippen LogP contribution in [0.4, 0.5) is 19.1 Å². The minimum Gasteiger partial charge on any atom is -0.369 e. The van der Waals surface area contributed by atoms with Crippen molar-refractivity contribution in [2.75, 3.05) is 5.73 Å². The number of nitrogen functional groups attached to an aromatic ring is 1. The molecule has 0 aromatic carbocycles. The van der Waals surface area contributed by atoms with Crippen molar-refractivity contribution in [2.45, 2.75) is 6.18 Å². The van der Waals surface area contributed by atoms with Crippen molar-refractivity contribution in [3.8, 4) is 11.4 Å². The molecule has 3 aromatic rings. The van der Waals surface area contributed by atoms with E-state index in [0.717, 1.165) is 4.68 Å². The number of nitrogens with two attached hydrogens (primary N) is 1. The molecule has 0 atom stereocenters. The Labute approximate surface area is 109 Å². The van der Waals surface area contributed by atoms with Crippen molar-refractivity contribution in [2.24, 2.45) is 7.05 Å². The van der Waals surface area contributed by atoms with Gasteiger partial charge in [0.25, 0.3) is 0 Å². The van der Waals surface area contributed by atoms with E-state index in [0.29, 0.717) is 5.65 Å². The Morgan fingerprint density at radius 3 is 2.70 bits per heavy atom. The first-order chi connectivity index (χ1) is 9.38. The molecule has 0 fully saturated rings. The molecule has 0 unspecified atom stereocenters. The van der Waals surface area contributed by atoms with Crippen molar-refractivity contribution in [3.05, 3.63) is 24.2 Å². The normalized spacial score (nSPS) is 12.2. The van der Waals surface area contributed by atoms with Crippen LogP contribution in [0.25, 0.3) is 17.0 Å². The van der Waals surface area contributed by atoms with E-state index < -0.39 is 11.9 Å². The lowest BCUT2D eigenvalue weighted by molar-refractivity contribution is -0.141. The van der Waals surface area contributed by atoms with E-state index >= 15 is 0 Å². The Balaban J connectivity index is 2.32. The maximum absolute atomic E-state index is 13.0. The topological polar surface area (TPSA) is 86.9 Å². The van der Waals surface area contributed by atoms with E-state index in [1.807, 2.05) is 0 Å². The third-order valence-corrected chi connectivity index (χ3v) is 2.69. The van der Waals surface area contributed by atoms with E-state index in [9.17, 15) is 13.2 Å².